The zero-order valence-electron chi connectivity index (χ0n) is 17.9. The molecule has 164 valence electrons. The second kappa shape index (κ2) is 8.21. The Bertz CT molecular complexity index is 1330. The lowest BCUT2D eigenvalue weighted by molar-refractivity contribution is 0.0123. The minimum Gasteiger partial charge on any atom is -0.366 e. The first-order valence-corrected chi connectivity index (χ1v) is 11.0. The molecule has 1 aromatic carbocycles. The van der Waals surface area contributed by atoms with E-state index in [-0.39, 0.29) is 0 Å². The van der Waals surface area contributed by atoms with Gasteiger partial charge in [-0.25, -0.2) is 4.98 Å². The second-order valence-electron chi connectivity index (χ2n) is 7.83. The maximum Gasteiger partial charge on any atom is 0.248 e. The Morgan fingerprint density at radius 1 is 1.28 bits per heavy atom. The third kappa shape index (κ3) is 3.90. The van der Waals surface area contributed by atoms with E-state index in [9.17, 15) is 4.79 Å². The molecule has 10 heteroatoms. The number of hydrogen-bond acceptors (Lipinski definition) is 7. The number of aryl methyl sites for hydroxylation is 2. The summed E-state index contributed by atoms with van der Waals surface area (Å²) in [5, 5.41) is 11.8. The normalized spacial score (nSPS) is 14.9. The van der Waals surface area contributed by atoms with Crippen molar-refractivity contribution < 1.29 is 9.53 Å². The van der Waals surface area contributed by atoms with Gasteiger partial charge in [-0.3, -0.25) is 14.5 Å². The fourth-order valence-corrected chi connectivity index (χ4v) is 5.02. The summed E-state index contributed by atoms with van der Waals surface area (Å²) in [6.45, 7) is 1.32. The lowest BCUT2D eigenvalue weighted by atomic mass is 10.1. The molecule has 32 heavy (non-hydrogen) atoms. The first-order valence-electron chi connectivity index (χ1n) is 10.2. The number of fused-ring (bicyclic) bond motifs is 3. The van der Waals surface area contributed by atoms with Crippen LogP contribution in [0.5, 0.6) is 0 Å². The Morgan fingerprint density at radius 3 is 2.94 bits per heavy atom. The van der Waals surface area contributed by atoms with Crippen LogP contribution in [0.15, 0.2) is 41.8 Å². The summed E-state index contributed by atoms with van der Waals surface area (Å²) < 4.78 is 10.9. The molecule has 0 saturated carbocycles. The monoisotopic (exact) mass is 449 g/mol. The number of carbonyl (C=O) groups is 1. The maximum absolute atomic E-state index is 11.5. The van der Waals surface area contributed by atoms with Crippen molar-refractivity contribution >= 4 is 33.8 Å². The number of nitrogens with two attached hydrogens (primary N) is 1. The Kier molecular flexibility index (Phi) is 5.24. The molecule has 9 nitrogen and oxygen atoms in total. The third-order valence-corrected chi connectivity index (χ3v) is 6.53. The van der Waals surface area contributed by atoms with Gasteiger partial charge in [0.25, 0.3) is 0 Å². The molecule has 1 amide bonds. The Hall–Kier alpha value is -3.50. The van der Waals surface area contributed by atoms with Gasteiger partial charge in [0.2, 0.25) is 5.91 Å². The van der Waals surface area contributed by atoms with Crippen LogP contribution in [0.4, 0.5) is 0 Å². The van der Waals surface area contributed by atoms with E-state index in [0.717, 1.165) is 44.2 Å². The molecule has 1 aliphatic rings. The molecule has 0 aliphatic carbocycles. The van der Waals surface area contributed by atoms with Crippen LogP contribution in [-0.2, 0) is 38.4 Å². The largest absolute Gasteiger partial charge is 0.366 e. The molecule has 4 aromatic rings. The first-order chi connectivity index (χ1) is 15.5. The van der Waals surface area contributed by atoms with Crippen molar-refractivity contribution in [2.45, 2.75) is 19.6 Å². The molecule has 0 atom stereocenters. The minimum atomic E-state index is -0.442. The molecule has 0 radical (unpaired) electrons. The zero-order valence-corrected chi connectivity index (χ0v) is 18.7. The van der Waals surface area contributed by atoms with Gasteiger partial charge in [0.15, 0.2) is 5.65 Å². The molecular formula is C22H23N7O2S. The Labute approximate surface area is 188 Å². The van der Waals surface area contributed by atoms with Crippen molar-refractivity contribution in [3.8, 4) is 0 Å². The third-order valence-electron chi connectivity index (χ3n) is 5.45. The van der Waals surface area contributed by atoms with E-state index in [1.165, 1.54) is 0 Å². The van der Waals surface area contributed by atoms with Gasteiger partial charge in [-0.1, -0.05) is 12.1 Å². The Morgan fingerprint density at radius 2 is 2.16 bits per heavy atom. The molecule has 0 unspecified atom stereocenters. The van der Waals surface area contributed by atoms with E-state index < -0.39 is 5.91 Å². The van der Waals surface area contributed by atoms with Crippen molar-refractivity contribution in [1.82, 2.24) is 24.3 Å². The highest BCUT2D eigenvalue weighted by Gasteiger charge is 2.21. The lowest BCUT2D eigenvalue weighted by Gasteiger charge is -2.21. The number of hydrazone groups is 1. The van der Waals surface area contributed by atoms with Gasteiger partial charge < -0.3 is 15.0 Å². The zero-order chi connectivity index (χ0) is 22.2. The predicted octanol–water partition coefficient (Wildman–Crippen LogP) is 2.38. The van der Waals surface area contributed by atoms with Crippen molar-refractivity contribution in [2.24, 2.45) is 24.9 Å². The summed E-state index contributed by atoms with van der Waals surface area (Å²) in [6, 6.07) is 7.26. The van der Waals surface area contributed by atoms with Crippen LogP contribution in [0.2, 0.25) is 0 Å². The Balaban J connectivity index is 1.42. The number of primary amides is 1. The van der Waals surface area contributed by atoms with E-state index in [2.05, 4.69) is 14.8 Å². The van der Waals surface area contributed by atoms with E-state index in [1.54, 1.807) is 28.2 Å². The van der Waals surface area contributed by atoms with Crippen molar-refractivity contribution in [1.29, 1.82) is 0 Å². The number of amides is 1. The topological polar surface area (TPSA) is 104 Å². The van der Waals surface area contributed by atoms with Crippen molar-refractivity contribution in [3.05, 3.63) is 69.6 Å². The summed E-state index contributed by atoms with van der Waals surface area (Å²) >= 11 is 1.68. The summed E-state index contributed by atoms with van der Waals surface area (Å²) in [4.78, 5) is 16.3. The van der Waals surface area contributed by atoms with Gasteiger partial charge in [0.1, 0.15) is 11.7 Å². The van der Waals surface area contributed by atoms with E-state index in [1.807, 2.05) is 49.8 Å². The van der Waals surface area contributed by atoms with Crippen LogP contribution >= 0.6 is 11.3 Å². The maximum atomic E-state index is 11.5. The fourth-order valence-electron chi connectivity index (χ4n) is 3.86. The fraction of sp³-hybridized carbons (Fsp3) is 0.273. The van der Waals surface area contributed by atoms with Crippen molar-refractivity contribution in [2.75, 3.05) is 6.73 Å². The van der Waals surface area contributed by atoms with Crippen LogP contribution in [0.1, 0.15) is 37.7 Å². The predicted molar refractivity (Wildman–Crippen MR) is 122 cm³/mol. The number of rotatable bonds is 5. The van der Waals surface area contributed by atoms with Gasteiger partial charge in [0, 0.05) is 37.8 Å². The number of hydrogen-bond donors (Lipinski definition) is 1. The summed E-state index contributed by atoms with van der Waals surface area (Å²) in [7, 11) is 3.93. The molecule has 3 aromatic heterocycles. The highest BCUT2D eigenvalue weighted by Crippen LogP contribution is 2.32. The molecular weight excluding hydrogens is 426 g/mol. The lowest BCUT2D eigenvalue weighted by Crippen LogP contribution is -2.23. The van der Waals surface area contributed by atoms with E-state index in [0.29, 0.717) is 25.4 Å². The second-order valence-corrected chi connectivity index (χ2v) is 8.91. The number of benzene rings is 1. The van der Waals surface area contributed by atoms with Crippen LogP contribution in [0, 0.1) is 0 Å². The number of carbonyl (C=O) groups excluding carboxylic acids is 1. The molecule has 4 heterocycles. The van der Waals surface area contributed by atoms with Crippen LogP contribution < -0.4 is 5.73 Å². The average Bonchev–Trinajstić information content (AvgIpc) is 3.41. The van der Waals surface area contributed by atoms with Crippen LogP contribution in [-0.4, -0.2) is 43.2 Å². The average molecular weight is 450 g/mol. The highest BCUT2D eigenvalue weighted by molar-refractivity contribution is 7.19. The van der Waals surface area contributed by atoms with E-state index >= 15 is 0 Å². The van der Waals surface area contributed by atoms with Gasteiger partial charge in [0.05, 0.1) is 36.0 Å². The molecule has 0 fully saturated rings. The molecule has 0 spiro atoms. The molecule has 5 rings (SSSR count). The van der Waals surface area contributed by atoms with Gasteiger partial charge >= 0.3 is 0 Å². The molecule has 2 N–H and O–H groups in total. The number of nitrogens with zero attached hydrogens (tertiary/aromatic N) is 6. The van der Waals surface area contributed by atoms with Crippen LogP contribution in [0.3, 0.4) is 0 Å². The number of ether oxygens (including phenoxy) is 1. The highest BCUT2D eigenvalue weighted by atomic mass is 32.1. The quantitative estimate of drug-likeness (QED) is 0.504. The SMILES string of the molecule is Cn1cc(Cc2nc3c(s2)c2c(n3C)COCN(Cc3cccc(C(N)=O)c3)/N=C\2)cn1. The van der Waals surface area contributed by atoms with Gasteiger partial charge in [-0.2, -0.15) is 10.2 Å². The van der Waals surface area contributed by atoms with Gasteiger partial charge in [-0.15, -0.1) is 11.3 Å². The molecule has 0 saturated heterocycles. The first kappa shape index (κ1) is 20.4. The molecule has 0 bridgehead atoms. The molecule has 1 aliphatic heterocycles. The van der Waals surface area contributed by atoms with Crippen LogP contribution in [0.25, 0.3) is 10.3 Å². The number of thiazole rings is 1. The smallest absolute Gasteiger partial charge is 0.248 e. The van der Waals surface area contributed by atoms with Gasteiger partial charge in [-0.05, 0) is 23.3 Å². The summed E-state index contributed by atoms with van der Waals surface area (Å²) in [5.74, 6) is -0.442. The number of aromatic nitrogens is 4. The van der Waals surface area contributed by atoms with Crippen molar-refractivity contribution in [3.63, 3.8) is 0 Å². The van der Waals surface area contributed by atoms with E-state index in [4.69, 9.17) is 15.5 Å². The minimum absolute atomic E-state index is 0.343. The standard InChI is InChI=1S/C22H23N7O2S/c1-27-10-15(8-24-27)7-19-26-22-20(32-19)17-9-25-29(13-31-12-18(17)28(22)2)11-14-4-3-5-16(6-14)21(23)30/h3-6,8-10H,7,11-13H2,1-2H3,(H2,23,30)/b25-9-. The summed E-state index contributed by atoms with van der Waals surface area (Å²) in [5.41, 5.74) is 11.0. The summed E-state index contributed by atoms with van der Waals surface area (Å²) in [6.07, 6.45) is 6.52.